The number of methoxy groups -OCH3 is 1. The third-order valence-electron chi connectivity index (χ3n) is 3.18. The average Bonchev–Trinajstić information content (AvgIpc) is 2.52. The van der Waals surface area contributed by atoms with Gasteiger partial charge < -0.3 is 4.74 Å². The van der Waals surface area contributed by atoms with Crippen LogP contribution in [0.1, 0.15) is 22.3 Å². The second-order valence-electron chi connectivity index (χ2n) is 4.47. The SMILES string of the molecule is COc1cccc(CCC(=O)c2ccccc2SC)c1. The van der Waals surface area contributed by atoms with Crippen LogP contribution in [0, 0.1) is 0 Å². The normalized spacial score (nSPS) is 10.3. The molecule has 0 amide bonds. The zero-order chi connectivity index (χ0) is 14.4. The predicted molar refractivity (Wildman–Crippen MR) is 83.9 cm³/mol. The molecule has 0 aliphatic carbocycles. The fraction of sp³-hybridized carbons (Fsp3) is 0.235. The van der Waals surface area contributed by atoms with Gasteiger partial charge in [0.1, 0.15) is 5.75 Å². The summed E-state index contributed by atoms with van der Waals surface area (Å²) in [6, 6.07) is 15.6. The summed E-state index contributed by atoms with van der Waals surface area (Å²) in [5.41, 5.74) is 1.95. The fourth-order valence-electron chi connectivity index (χ4n) is 2.10. The van der Waals surface area contributed by atoms with Gasteiger partial charge in [0.2, 0.25) is 0 Å². The summed E-state index contributed by atoms with van der Waals surface area (Å²) in [6.45, 7) is 0. The van der Waals surface area contributed by atoms with Crippen LogP contribution >= 0.6 is 11.8 Å². The quantitative estimate of drug-likeness (QED) is 0.587. The Morgan fingerprint density at radius 1 is 1.15 bits per heavy atom. The molecule has 0 saturated heterocycles. The van der Waals surface area contributed by atoms with E-state index in [9.17, 15) is 4.79 Å². The van der Waals surface area contributed by atoms with E-state index in [-0.39, 0.29) is 5.78 Å². The van der Waals surface area contributed by atoms with Crippen LogP contribution in [0.25, 0.3) is 0 Å². The molecule has 0 saturated carbocycles. The minimum absolute atomic E-state index is 0.192. The number of thioether (sulfide) groups is 1. The van der Waals surface area contributed by atoms with Gasteiger partial charge in [-0.1, -0.05) is 30.3 Å². The topological polar surface area (TPSA) is 26.3 Å². The lowest BCUT2D eigenvalue weighted by molar-refractivity contribution is 0.0980. The van der Waals surface area contributed by atoms with E-state index >= 15 is 0 Å². The molecule has 0 N–H and O–H groups in total. The smallest absolute Gasteiger partial charge is 0.164 e. The Labute approximate surface area is 124 Å². The summed E-state index contributed by atoms with van der Waals surface area (Å²) < 4.78 is 5.19. The molecular formula is C17H18O2S. The molecule has 2 rings (SSSR count). The first kappa shape index (κ1) is 14.7. The van der Waals surface area contributed by atoms with E-state index in [0.29, 0.717) is 6.42 Å². The second-order valence-corrected chi connectivity index (χ2v) is 5.32. The first-order valence-corrected chi connectivity index (χ1v) is 7.76. The van der Waals surface area contributed by atoms with Crippen molar-refractivity contribution in [2.24, 2.45) is 0 Å². The summed E-state index contributed by atoms with van der Waals surface area (Å²) >= 11 is 1.61. The van der Waals surface area contributed by atoms with Gasteiger partial charge in [0.05, 0.1) is 7.11 Å². The van der Waals surface area contributed by atoms with Crippen LogP contribution in [0.15, 0.2) is 53.4 Å². The highest BCUT2D eigenvalue weighted by molar-refractivity contribution is 7.98. The molecule has 2 nitrogen and oxygen atoms in total. The summed E-state index contributed by atoms with van der Waals surface area (Å²) in [7, 11) is 1.65. The number of aryl methyl sites for hydroxylation is 1. The van der Waals surface area contributed by atoms with Crippen molar-refractivity contribution in [2.45, 2.75) is 17.7 Å². The number of carbonyl (C=O) groups excluding carboxylic acids is 1. The van der Waals surface area contributed by atoms with Gasteiger partial charge in [-0.2, -0.15) is 0 Å². The molecule has 0 heterocycles. The standard InChI is InChI=1S/C17H18O2S/c1-19-14-7-5-6-13(12-14)10-11-16(18)15-8-3-4-9-17(15)20-2/h3-9,12H,10-11H2,1-2H3. The Balaban J connectivity index is 2.04. The van der Waals surface area contributed by atoms with Crippen LogP contribution in [-0.4, -0.2) is 19.1 Å². The van der Waals surface area contributed by atoms with E-state index in [2.05, 4.69) is 0 Å². The molecule has 0 bridgehead atoms. The maximum absolute atomic E-state index is 12.3. The Hall–Kier alpha value is -1.74. The molecule has 0 spiro atoms. The Morgan fingerprint density at radius 2 is 1.95 bits per heavy atom. The maximum Gasteiger partial charge on any atom is 0.164 e. The number of ether oxygens (including phenoxy) is 1. The molecule has 20 heavy (non-hydrogen) atoms. The van der Waals surface area contributed by atoms with Crippen LogP contribution < -0.4 is 4.74 Å². The van der Waals surface area contributed by atoms with E-state index in [1.165, 1.54) is 0 Å². The van der Waals surface area contributed by atoms with E-state index in [4.69, 9.17) is 4.74 Å². The minimum atomic E-state index is 0.192. The van der Waals surface area contributed by atoms with E-state index in [0.717, 1.165) is 28.2 Å². The highest BCUT2D eigenvalue weighted by Crippen LogP contribution is 2.22. The van der Waals surface area contributed by atoms with Crippen molar-refractivity contribution in [1.82, 2.24) is 0 Å². The van der Waals surface area contributed by atoms with Crippen molar-refractivity contribution >= 4 is 17.5 Å². The largest absolute Gasteiger partial charge is 0.497 e. The molecule has 2 aromatic rings. The zero-order valence-corrected chi connectivity index (χ0v) is 12.6. The predicted octanol–water partition coefficient (Wildman–Crippen LogP) is 4.23. The molecule has 104 valence electrons. The Morgan fingerprint density at radius 3 is 2.70 bits per heavy atom. The minimum Gasteiger partial charge on any atom is -0.497 e. The number of hydrogen-bond donors (Lipinski definition) is 0. The third kappa shape index (κ3) is 3.64. The van der Waals surface area contributed by atoms with Gasteiger partial charge in [-0.05, 0) is 36.4 Å². The molecular weight excluding hydrogens is 268 g/mol. The molecule has 0 unspecified atom stereocenters. The summed E-state index contributed by atoms with van der Waals surface area (Å²) in [5, 5.41) is 0. The van der Waals surface area contributed by atoms with Crippen molar-refractivity contribution in [2.75, 3.05) is 13.4 Å². The average molecular weight is 286 g/mol. The van der Waals surface area contributed by atoms with Gasteiger partial charge in [-0.25, -0.2) is 0 Å². The van der Waals surface area contributed by atoms with Crippen LogP contribution in [0.4, 0.5) is 0 Å². The van der Waals surface area contributed by atoms with Gasteiger partial charge in [0.15, 0.2) is 5.78 Å². The second kappa shape index (κ2) is 7.15. The van der Waals surface area contributed by atoms with Crippen molar-refractivity contribution in [3.63, 3.8) is 0 Å². The molecule has 0 aliphatic rings. The van der Waals surface area contributed by atoms with E-state index < -0.39 is 0 Å². The van der Waals surface area contributed by atoms with Crippen molar-refractivity contribution in [1.29, 1.82) is 0 Å². The van der Waals surface area contributed by atoms with Gasteiger partial charge in [-0.3, -0.25) is 4.79 Å². The Kier molecular flexibility index (Phi) is 5.24. The number of Topliss-reactive ketones (excluding diaryl/α,β-unsaturated/α-hetero) is 1. The lowest BCUT2D eigenvalue weighted by Gasteiger charge is -2.07. The zero-order valence-electron chi connectivity index (χ0n) is 11.8. The summed E-state index contributed by atoms with van der Waals surface area (Å²) in [4.78, 5) is 13.4. The highest BCUT2D eigenvalue weighted by Gasteiger charge is 2.10. The van der Waals surface area contributed by atoms with Crippen molar-refractivity contribution in [3.05, 3.63) is 59.7 Å². The highest BCUT2D eigenvalue weighted by atomic mass is 32.2. The van der Waals surface area contributed by atoms with Gasteiger partial charge in [-0.15, -0.1) is 11.8 Å². The van der Waals surface area contributed by atoms with Crippen LogP contribution in [0.5, 0.6) is 5.75 Å². The van der Waals surface area contributed by atoms with Gasteiger partial charge in [0, 0.05) is 16.9 Å². The first-order valence-electron chi connectivity index (χ1n) is 6.53. The molecule has 0 aliphatic heterocycles. The number of rotatable bonds is 6. The number of benzene rings is 2. The summed E-state index contributed by atoms with van der Waals surface area (Å²) in [6.07, 6.45) is 3.25. The molecule has 0 radical (unpaired) electrons. The Bertz CT molecular complexity index is 593. The van der Waals surface area contributed by atoms with Crippen LogP contribution in [0.3, 0.4) is 0 Å². The molecule has 0 aromatic heterocycles. The van der Waals surface area contributed by atoms with Crippen LogP contribution in [-0.2, 0) is 6.42 Å². The lowest BCUT2D eigenvalue weighted by Crippen LogP contribution is -2.03. The van der Waals surface area contributed by atoms with Crippen molar-refractivity contribution < 1.29 is 9.53 Å². The molecule has 3 heteroatoms. The van der Waals surface area contributed by atoms with Gasteiger partial charge >= 0.3 is 0 Å². The third-order valence-corrected chi connectivity index (χ3v) is 3.98. The number of carbonyl (C=O) groups is 1. The maximum atomic E-state index is 12.3. The van der Waals surface area contributed by atoms with E-state index in [1.54, 1.807) is 18.9 Å². The monoisotopic (exact) mass is 286 g/mol. The molecule has 0 atom stereocenters. The number of hydrogen-bond acceptors (Lipinski definition) is 3. The first-order chi connectivity index (χ1) is 9.74. The van der Waals surface area contributed by atoms with Gasteiger partial charge in [0.25, 0.3) is 0 Å². The number of ketones is 1. The summed E-state index contributed by atoms with van der Waals surface area (Å²) in [5.74, 6) is 1.03. The van der Waals surface area contributed by atoms with Crippen molar-refractivity contribution in [3.8, 4) is 5.75 Å². The molecule has 2 aromatic carbocycles. The van der Waals surface area contributed by atoms with E-state index in [1.807, 2.05) is 54.8 Å². The molecule has 0 fully saturated rings. The fourth-order valence-corrected chi connectivity index (χ4v) is 2.71. The lowest BCUT2D eigenvalue weighted by atomic mass is 10.0. The van der Waals surface area contributed by atoms with Crippen LogP contribution in [0.2, 0.25) is 0 Å².